The Kier molecular flexibility index (Phi) is 6.32. The number of ketones is 1. The van der Waals surface area contributed by atoms with Gasteiger partial charge in [-0.2, -0.15) is 0 Å². The van der Waals surface area contributed by atoms with Gasteiger partial charge in [-0.3, -0.25) is 14.9 Å². The summed E-state index contributed by atoms with van der Waals surface area (Å²) in [6.07, 6.45) is -1.11. The van der Waals surface area contributed by atoms with Gasteiger partial charge in [0, 0.05) is 23.3 Å². The first-order valence-corrected chi connectivity index (χ1v) is 8.75. The van der Waals surface area contributed by atoms with Crippen molar-refractivity contribution in [3.63, 3.8) is 0 Å². The van der Waals surface area contributed by atoms with Gasteiger partial charge in [0.25, 0.3) is 5.69 Å². The molecule has 0 saturated carbocycles. The van der Waals surface area contributed by atoms with Crippen molar-refractivity contribution in [3.05, 3.63) is 106 Å². The third-order valence-corrected chi connectivity index (χ3v) is 4.05. The number of carbonyl (C=O) groups is 2. The molecule has 0 spiro atoms. The third-order valence-electron chi connectivity index (χ3n) is 4.05. The second-order valence-electron chi connectivity index (χ2n) is 6.05. The minimum absolute atomic E-state index is 0.0856. The number of Topliss-reactive ketones (excluding diaryl/α,β-unsaturated/α-hetero) is 1. The molecule has 0 saturated heterocycles. The smallest absolute Gasteiger partial charge is 0.345 e. The van der Waals surface area contributed by atoms with Gasteiger partial charge in [0.1, 0.15) is 5.75 Å². The van der Waals surface area contributed by atoms with E-state index in [9.17, 15) is 19.7 Å². The topological polar surface area (TPSA) is 95.7 Å². The van der Waals surface area contributed by atoms with Crippen molar-refractivity contribution in [2.75, 3.05) is 6.61 Å². The van der Waals surface area contributed by atoms with Crippen LogP contribution in [0.3, 0.4) is 0 Å². The van der Waals surface area contributed by atoms with Crippen LogP contribution < -0.4 is 4.74 Å². The minimum Gasteiger partial charge on any atom is -0.482 e. The van der Waals surface area contributed by atoms with Crippen LogP contribution in [0.2, 0.25) is 0 Å². The standard InChI is InChI=1S/C22H17NO6/c24-20(15-28-19-13-11-18(12-14-19)23(26)27)29-22(17-9-5-2-6-10-17)21(25)16-7-3-1-4-8-16/h1-14,22H,15H2/t22-/m0/s1. The highest BCUT2D eigenvalue weighted by Crippen LogP contribution is 2.23. The fraction of sp³-hybridized carbons (Fsp3) is 0.0909. The molecule has 0 fully saturated rings. The van der Waals surface area contributed by atoms with E-state index in [1.165, 1.54) is 24.3 Å². The number of hydrogen-bond acceptors (Lipinski definition) is 6. The van der Waals surface area contributed by atoms with Crippen molar-refractivity contribution in [2.24, 2.45) is 0 Å². The van der Waals surface area contributed by atoms with Crippen molar-refractivity contribution >= 4 is 17.4 Å². The second kappa shape index (κ2) is 9.27. The zero-order valence-electron chi connectivity index (χ0n) is 15.3. The first kappa shape index (κ1) is 19.8. The van der Waals surface area contributed by atoms with Gasteiger partial charge in [-0.25, -0.2) is 4.79 Å². The molecule has 0 unspecified atom stereocenters. The number of esters is 1. The Morgan fingerprint density at radius 2 is 1.45 bits per heavy atom. The van der Waals surface area contributed by atoms with Crippen molar-refractivity contribution in [1.82, 2.24) is 0 Å². The van der Waals surface area contributed by atoms with Crippen LogP contribution in [0, 0.1) is 10.1 Å². The van der Waals surface area contributed by atoms with E-state index in [1.807, 2.05) is 0 Å². The summed E-state index contributed by atoms with van der Waals surface area (Å²) in [7, 11) is 0. The lowest BCUT2D eigenvalue weighted by Crippen LogP contribution is -2.23. The number of benzene rings is 3. The van der Waals surface area contributed by atoms with Crippen LogP contribution in [-0.2, 0) is 9.53 Å². The lowest BCUT2D eigenvalue weighted by Gasteiger charge is -2.17. The summed E-state index contributed by atoms with van der Waals surface area (Å²) in [6, 6.07) is 22.6. The lowest BCUT2D eigenvalue weighted by molar-refractivity contribution is -0.384. The number of nitro benzene ring substituents is 1. The monoisotopic (exact) mass is 391 g/mol. The Hall–Kier alpha value is -4.00. The molecule has 7 nitrogen and oxygen atoms in total. The largest absolute Gasteiger partial charge is 0.482 e. The van der Waals surface area contributed by atoms with Gasteiger partial charge in [-0.1, -0.05) is 60.7 Å². The maximum absolute atomic E-state index is 12.9. The molecule has 0 aliphatic heterocycles. The van der Waals surface area contributed by atoms with Gasteiger partial charge in [0.2, 0.25) is 5.78 Å². The number of ether oxygens (including phenoxy) is 2. The molecule has 0 aliphatic carbocycles. The van der Waals surface area contributed by atoms with E-state index < -0.39 is 23.6 Å². The molecule has 0 radical (unpaired) electrons. The quantitative estimate of drug-likeness (QED) is 0.248. The molecule has 0 N–H and O–H groups in total. The number of carbonyl (C=O) groups excluding carboxylic acids is 2. The number of non-ortho nitro benzene ring substituents is 1. The van der Waals surface area contributed by atoms with Crippen molar-refractivity contribution in [2.45, 2.75) is 6.10 Å². The summed E-state index contributed by atoms with van der Waals surface area (Å²) in [5.41, 5.74) is 0.882. The summed E-state index contributed by atoms with van der Waals surface area (Å²) in [5, 5.41) is 10.7. The molecule has 3 aromatic carbocycles. The molecule has 29 heavy (non-hydrogen) atoms. The van der Waals surface area contributed by atoms with E-state index >= 15 is 0 Å². The Bertz CT molecular complexity index is 987. The van der Waals surface area contributed by atoms with Crippen molar-refractivity contribution in [3.8, 4) is 5.75 Å². The second-order valence-corrected chi connectivity index (χ2v) is 6.05. The van der Waals surface area contributed by atoms with E-state index in [-0.39, 0.29) is 17.2 Å². The van der Waals surface area contributed by atoms with Gasteiger partial charge in [0.05, 0.1) is 4.92 Å². The van der Waals surface area contributed by atoms with Crippen LogP contribution in [0.4, 0.5) is 5.69 Å². The van der Waals surface area contributed by atoms with Gasteiger partial charge < -0.3 is 9.47 Å². The first-order valence-electron chi connectivity index (χ1n) is 8.75. The van der Waals surface area contributed by atoms with Crippen LogP contribution in [0.15, 0.2) is 84.9 Å². The molecule has 3 rings (SSSR count). The van der Waals surface area contributed by atoms with E-state index in [0.29, 0.717) is 11.1 Å². The fourth-order valence-corrected chi connectivity index (χ4v) is 2.63. The maximum Gasteiger partial charge on any atom is 0.345 e. The van der Waals surface area contributed by atoms with Crippen LogP contribution in [-0.4, -0.2) is 23.3 Å². The Balaban J connectivity index is 1.69. The molecule has 1 atom stereocenters. The molecule has 0 bridgehead atoms. The summed E-state index contributed by atoms with van der Waals surface area (Å²) >= 11 is 0. The van der Waals surface area contributed by atoms with Gasteiger partial charge in [-0.15, -0.1) is 0 Å². The zero-order chi connectivity index (χ0) is 20.6. The normalized spacial score (nSPS) is 11.3. The van der Waals surface area contributed by atoms with Crippen molar-refractivity contribution in [1.29, 1.82) is 0 Å². The predicted octanol–water partition coefficient (Wildman–Crippen LogP) is 4.14. The molecule has 3 aromatic rings. The number of nitro groups is 1. The number of nitrogens with zero attached hydrogens (tertiary/aromatic N) is 1. The Labute approximate surface area is 166 Å². The molecule has 0 aliphatic rings. The number of rotatable bonds is 8. The predicted molar refractivity (Wildman–Crippen MR) is 105 cm³/mol. The first-order chi connectivity index (χ1) is 14.0. The van der Waals surface area contributed by atoms with Crippen molar-refractivity contribution < 1.29 is 24.0 Å². The molecule has 146 valence electrons. The highest BCUT2D eigenvalue weighted by molar-refractivity contribution is 6.01. The molecular formula is C22H17NO6. The Morgan fingerprint density at radius 3 is 2.03 bits per heavy atom. The summed E-state index contributed by atoms with van der Waals surface area (Å²) in [5.74, 6) is -0.805. The summed E-state index contributed by atoms with van der Waals surface area (Å²) in [6.45, 7) is -0.441. The van der Waals surface area contributed by atoms with Gasteiger partial charge >= 0.3 is 5.97 Å². The van der Waals surface area contributed by atoms with Crippen LogP contribution in [0.1, 0.15) is 22.0 Å². The lowest BCUT2D eigenvalue weighted by atomic mass is 10.00. The third kappa shape index (κ3) is 5.26. The molecule has 7 heteroatoms. The van der Waals surface area contributed by atoms with E-state index in [1.54, 1.807) is 60.7 Å². The highest BCUT2D eigenvalue weighted by atomic mass is 16.6. The van der Waals surface area contributed by atoms with Gasteiger partial charge in [0.15, 0.2) is 12.7 Å². The highest BCUT2D eigenvalue weighted by Gasteiger charge is 2.26. The van der Waals surface area contributed by atoms with Gasteiger partial charge in [-0.05, 0) is 12.1 Å². The van der Waals surface area contributed by atoms with Crippen LogP contribution in [0.25, 0.3) is 0 Å². The SMILES string of the molecule is O=C(COc1ccc([N+](=O)[O-])cc1)O[C@H](C(=O)c1ccccc1)c1ccccc1. The molecule has 0 heterocycles. The average molecular weight is 391 g/mol. The maximum atomic E-state index is 12.9. The summed E-state index contributed by atoms with van der Waals surface area (Å²) < 4.78 is 10.7. The van der Waals surface area contributed by atoms with Crippen LogP contribution in [0.5, 0.6) is 5.75 Å². The van der Waals surface area contributed by atoms with Crippen LogP contribution >= 0.6 is 0 Å². The van der Waals surface area contributed by atoms with E-state index in [2.05, 4.69) is 0 Å². The number of hydrogen-bond donors (Lipinski definition) is 0. The molecular weight excluding hydrogens is 374 g/mol. The molecule has 0 aromatic heterocycles. The summed E-state index contributed by atoms with van der Waals surface area (Å²) in [4.78, 5) is 35.3. The Morgan fingerprint density at radius 1 is 0.862 bits per heavy atom. The van der Waals surface area contributed by atoms with E-state index in [0.717, 1.165) is 0 Å². The average Bonchev–Trinajstić information content (AvgIpc) is 2.77. The fourth-order valence-electron chi connectivity index (χ4n) is 2.63. The van der Waals surface area contributed by atoms with E-state index in [4.69, 9.17) is 9.47 Å². The molecule has 0 amide bonds. The minimum atomic E-state index is -1.11. The zero-order valence-corrected chi connectivity index (χ0v) is 15.3.